The number of ether oxygens (including phenoxy) is 2. The summed E-state index contributed by atoms with van der Waals surface area (Å²) in [5.74, 6) is 1.01. The number of carbonyl (C=O) groups is 1. The van der Waals surface area contributed by atoms with Crippen LogP contribution in [-0.2, 0) is 4.74 Å². The van der Waals surface area contributed by atoms with Crippen molar-refractivity contribution in [2.45, 2.75) is 52.8 Å². The van der Waals surface area contributed by atoms with Gasteiger partial charge in [-0.1, -0.05) is 0 Å². The van der Waals surface area contributed by atoms with Gasteiger partial charge in [-0.3, -0.25) is 0 Å². The smallest absolute Gasteiger partial charge is 0.410 e. The van der Waals surface area contributed by atoms with E-state index in [4.69, 9.17) is 9.47 Å². The van der Waals surface area contributed by atoms with Crippen LogP contribution in [0, 0.1) is 19.8 Å². The molecule has 0 saturated carbocycles. The first-order chi connectivity index (χ1) is 11.1. The fraction of sp³-hybridized carbons (Fsp3) is 0.706. The maximum Gasteiger partial charge on any atom is 0.410 e. The quantitative estimate of drug-likeness (QED) is 0.847. The van der Waals surface area contributed by atoms with Crippen LogP contribution in [0.25, 0.3) is 0 Å². The summed E-state index contributed by atoms with van der Waals surface area (Å²) in [6, 6.07) is 1.74. The van der Waals surface area contributed by atoms with Gasteiger partial charge in [-0.15, -0.1) is 0 Å². The van der Waals surface area contributed by atoms with Crippen molar-refractivity contribution in [3.63, 3.8) is 0 Å². The predicted octanol–water partition coefficient (Wildman–Crippen LogP) is 3.07. The van der Waals surface area contributed by atoms with E-state index in [1.165, 1.54) is 4.90 Å². The molecule has 2 rings (SSSR count). The van der Waals surface area contributed by atoms with E-state index in [1.54, 1.807) is 33.8 Å². The zero-order chi connectivity index (χ0) is 17.9. The molecule has 2 atom stereocenters. The van der Waals surface area contributed by atoms with Gasteiger partial charge in [0.1, 0.15) is 17.6 Å². The van der Waals surface area contributed by atoms with E-state index in [0.29, 0.717) is 31.3 Å². The van der Waals surface area contributed by atoms with E-state index in [9.17, 15) is 9.18 Å². The first-order valence-electron chi connectivity index (χ1n) is 8.19. The number of aromatic nitrogens is 2. The molecule has 0 aliphatic carbocycles. The number of carbonyl (C=O) groups excluding carboxylic acids is 1. The lowest BCUT2D eigenvalue weighted by Crippen LogP contribution is -2.48. The molecule has 0 bridgehead atoms. The number of alkyl halides is 1. The van der Waals surface area contributed by atoms with Crippen LogP contribution >= 0.6 is 0 Å². The van der Waals surface area contributed by atoms with Crippen molar-refractivity contribution >= 4 is 6.09 Å². The maximum atomic E-state index is 14.0. The molecule has 1 aliphatic heterocycles. The van der Waals surface area contributed by atoms with Gasteiger partial charge in [-0.25, -0.2) is 14.2 Å². The summed E-state index contributed by atoms with van der Waals surface area (Å²) in [7, 11) is 0. The summed E-state index contributed by atoms with van der Waals surface area (Å²) in [5.41, 5.74) is 0.224. The van der Waals surface area contributed by atoms with Crippen LogP contribution in [-0.4, -0.2) is 52.4 Å². The zero-order valence-corrected chi connectivity index (χ0v) is 15.0. The molecule has 24 heavy (non-hydrogen) atoms. The van der Waals surface area contributed by atoms with E-state index >= 15 is 0 Å². The average Bonchev–Trinajstić information content (AvgIpc) is 2.42. The van der Waals surface area contributed by atoms with Gasteiger partial charge in [-0.05, 0) is 41.0 Å². The third-order valence-corrected chi connectivity index (χ3v) is 3.55. The van der Waals surface area contributed by atoms with Gasteiger partial charge in [0, 0.05) is 24.2 Å². The molecule has 0 N–H and O–H groups in total. The van der Waals surface area contributed by atoms with Crippen molar-refractivity contribution in [3.8, 4) is 5.88 Å². The monoisotopic (exact) mass is 339 g/mol. The van der Waals surface area contributed by atoms with Gasteiger partial charge in [0.05, 0.1) is 13.2 Å². The highest BCUT2D eigenvalue weighted by Gasteiger charge is 2.33. The molecule has 1 aliphatic rings. The van der Waals surface area contributed by atoms with Crippen molar-refractivity contribution in [1.29, 1.82) is 0 Å². The third kappa shape index (κ3) is 5.62. The minimum absolute atomic E-state index is 0.0666. The first-order valence-corrected chi connectivity index (χ1v) is 8.19. The molecular weight excluding hydrogens is 313 g/mol. The molecular formula is C17H26FN3O3. The standard InChI is InChI=1S/C17H26FN3O3/c1-11-6-15(20-12(2)19-11)23-10-13-7-14(18)9-21(8-13)16(22)24-17(3,4)5/h6,13-14H,7-10H2,1-5H3. The molecule has 1 amide bonds. The van der Waals surface area contributed by atoms with Gasteiger partial charge < -0.3 is 14.4 Å². The number of halogens is 1. The molecule has 6 nitrogen and oxygen atoms in total. The molecule has 1 aromatic rings. The number of amides is 1. The average molecular weight is 339 g/mol. The van der Waals surface area contributed by atoms with Gasteiger partial charge in [0.15, 0.2) is 0 Å². The van der Waals surface area contributed by atoms with Gasteiger partial charge in [0.25, 0.3) is 0 Å². The zero-order valence-electron chi connectivity index (χ0n) is 15.0. The Morgan fingerprint density at radius 3 is 2.67 bits per heavy atom. The second-order valence-corrected chi connectivity index (χ2v) is 7.29. The summed E-state index contributed by atoms with van der Waals surface area (Å²) in [5, 5.41) is 0. The molecule has 1 aromatic heterocycles. The third-order valence-electron chi connectivity index (χ3n) is 3.55. The minimum Gasteiger partial charge on any atom is -0.477 e. The Hall–Kier alpha value is -1.92. The predicted molar refractivity (Wildman–Crippen MR) is 87.8 cm³/mol. The van der Waals surface area contributed by atoms with Crippen LogP contribution in [0.2, 0.25) is 0 Å². The number of piperidine rings is 1. The van der Waals surface area contributed by atoms with Crippen LogP contribution < -0.4 is 4.74 Å². The lowest BCUT2D eigenvalue weighted by atomic mass is 9.98. The molecule has 1 fully saturated rings. The first kappa shape index (κ1) is 18.4. The number of rotatable bonds is 3. The number of aryl methyl sites for hydroxylation is 2. The fourth-order valence-electron chi connectivity index (χ4n) is 2.69. The van der Waals surface area contributed by atoms with Crippen molar-refractivity contribution in [3.05, 3.63) is 17.6 Å². The van der Waals surface area contributed by atoms with Crippen molar-refractivity contribution in [2.75, 3.05) is 19.7 Å². The molecule has 134 valence electrons. The molecule has 7 heteroatoms. The second-order valence-electron chi connectivity index (χ2n) is 7.29. The topological polar surface area (TPSA) is 64.5 Å². The Labute approximate surface area is 142 Å². The summed E-state index contributed by atoms with van der Waals surface area (Å²) in [4.78, 5) is 22.0. The summed E-state index contributed by atoms with van der Waals surface area (Å²) >= 11 is 0. The Bertz CT molecular complexity index is 569. The Kier molecular flexibility index (Phi) is 5.62. The second kappa shape index (κ2) is 7.32. The van der Waals surface area contributed by atoms with Crippen molar-refractivity contribution in [2.24, 2.45) is 5.92 Å². The van der Waals surface area contributed by atoms with Gasteiger partial charge in [0.2, 0.25) is 5.88 Å². The van der Waals surface area contributed by atoms with E-state index in [-0.39, 0.29) is 12.5 Å². The number of nitrogens with zero attached hydrogens (tertiary/aromatic N) is 3. The molecule has 2 unspecified atom stereocenters. The van der Waals surface area contributed by atoms with Crippen LogP contribution in [0.5, 0.6) is 5.88 Å². The number of hydrogen-bond acceptors (Lipinski definition) is 5. The lowest BCUT2D eigenvalue weighted by molar-refractivity contribution is 0.00173. The SMILES string of the molecule is Cc1cc(OCC2CC(F)CN(C(=O)OC(C)(C)C)C2)nc(C)n1. The molecule has 1 saturated heterocycles. The Morgan fingerprint density at radius 1 is 1.33 bits per heavy atom. The molecule has 2 heterocycles. The molecule has 0 spiro atoms. The van der Waals surface area contributed by atoms with Gasteiger partial charge >= 0.3 is 6.09 Å². The fourth-order valence-corrected chi connectivity index (χ4v) is 2.69. The van der Waals surface area contributed by atoms with Crippen molar-refractivity contribution < 1.29 is 18.7 Å². The number of hydrogen-bond donors (Lipinski definition) is 0. The minimum atomic E-state index is -1.08. The highest BCUT2D eigenvalue weighted by Crippen LogP contribution is 2.22. The Balaban J connectivity index is 1.94. The highest BCUT2D eigenvalue weighted by atomic mass is 19.1. The lowest BCUT2D eigenvalue weighted by Gasteiger charge is -2.35. The molecule has 0 radical (unpaired) electrons. The van der Waals surface area contributed by atoms with Crippen LogP contribution in [0.3, 0.4) is 0 Å². The molecule has 0 aromatic carbocycles. The van der Waals surface area contributed by atoms with Crippen LogP contribution in [0.15, 0.2) is 6.07 Å². The highest BCUT2D eigenvalue weighted by molar-refractivity contribution is 5.68. The largest absolute Gasteiger partial charge is 0.477 e. The van der Waals surface area contributed by atoms with Crippen LogP contribution in [0.1, 0.15) is 38.7 Å². The summed E-state index contributed by atoms with van der Waals surface area (Å²) in [6.07, 6.45) is -1.19. The Morgan fingerprint density at radius 2 is 2.04 bits per heavy atom. The van der Waals surface area contributed by atoms with Crippen molar-refractivity contribution in [1.82, 2.24) is 14.9 Å². The van der Waals surface area contributed by atoms with Crippen LogP contribution in [0.4, 0.5) is 9.18 Å². The summed E-state index contributed by atoms with van der Waals surface area (Å²) in [6.45, 7) is 9.82. The van der Waals surface area contributed by atoms with E-state index in [0.717, 1.165) is 5.69 Å². The van der Waals surface area contributed by atoms with Gasteiger partial charge in [-0.2, -0.15) is 4.98 Å². The maximum absolute atomic E-state index is 14.0. The number of likely N-dealkylation sites (tertiary alicyclic amines) is 1. The normalized spacial score (nSPS) is 21.5. The van der Waals surface area contributed by atoms with E-state index in [2.05, 4.69) is 9.97 Å². The van der Waals surface area contributed by atoms with E-state index in [1.807, 2.05) is 6.92 Å². The summed E-state index contributed by atoms with van der Waals surface area (Å²) < 4.78 is 25.0. The van der Waals surface area contributed by atoms with E-state index < -0.39 is 17.9 Å².